The summed E-state index contributed by atoms with van der Waals surface area (Å²) >= 11 is 0. The first kappa shape index (κ1) is 12.5. The van der Waals surface area contributed by atoms with Gasteiger partial charge in [0.1, 0.15) is 0 Å². The Morgan fingerprint density at radius 3 is 2.88 bits per heavy atom. The summed E-state index contributed by atoms with van der Waals surface area (Å²) in [6.45, 7) is 0.882. The van der Waals surface area contributed by atoms with Gasteiger partial charge in [-0.1, -0.05) is 30.3 Å². The van der Waals surface area contributed by atoms with Gasteiger partial charge in [0, 0.05) is 6.54 Å². The van der Waals surface area contributed by atoms with E-state index in [9.17, 15) is 8.42 Å². The molecule has 1 aromatic rings. The first-order valence-corrected chi connectivity index (χ1v) is 7.03. The Bertz CT molecular complexity index is 446. The highest BCUT2D eigenvalue weighted by Crippen LogP contribution is 2.09. The van der Waals surface area contributed by atoms with Crippen molar-refractivity contribution in [3.05, 3.63) is 35.9 Å². The predicted molar refractivity (Wildman–Crippen MR) is 62.5 cm³/mol. The highest BCUT2D eigenvalue weighted by molar-refractivity contribution is 7.86. The third-order valence-corrected chi connectivity index (χ3v) is 3.62. The Labute approximate surface area is 101 Å². The van der Waals surface area contributed by atoms with Crippen molar-refractivity contribution in [1.82, 2.24) is 5.32 Å². The van der Waals surface area contributed by atoms with Gasteiger partial charge in [-0.25, -0.2) is 4.18 Å². The van der Waals surface area contributed by atoms with Gasteiger partial charge in [0.2, 0.25) is 6.41 Å². The van der Waals surface area contributed by atoms with E-state index in [0.717, 1.165) is 5.56 Å². The molecule has 1 atom stereocenters. The molecule has 2 rings (SSSR count). The van der Waals surface area contributed by atoms with Gasteiger partial charge < -0.3 is 4.74 Å². The molecule has 0 saturated carbocycles. The fourth-order valence-electron chi connectivity index (χ4n) is 1.52. The quantitative estimate of drug-likeness (QED) is 0.812. The van der Waals surface area contributed by atoms with Gasteiger partial charge >= 0.3 is 0 Å². The van der Waals surface area contributed by atoms with Crippen LogP contribution in [-0.4, -0.2) is 27.1 Å². The standard InChI is InChI=1S/C11H15NO4S/c13-17(14)8-4-7-12-11(16-17)15-9-10-5-2-1-3-6-10/h1-3,5-6,11-12H,4,7-9H2/t11-/m0/s1. The van der Waals surface area contributed by atoms with Crippen molar-refractivity contribution in [2.75, 3.05) is 12.3 Å². The van der Waals surface area contributed by atoms with Crippen LogP contribution in [0.25, 0.3) is 0 Å². The van der Waals surface area contributed by atoms with Crippen LogP contribution >= 0.6 is 0 Å². The summed E-state index contributed by atoms with van der Waals surface area (Å²) in [6.07, 6.45) is -0.351. The van der Waals surface area contributed by atoms with Crippen molar-refractivity contribution in [2.45, 2.75) is 19.4 Å². The zero-order valence-corrected chi connectivity index (χ0v) is 10.2. The maximum Gasteiger partial charge on any atom is 0.270 e. The van der Waals surface area contributed by atoms with Gasteiger partial charge in [0.25, 0.3) is 10.1 Å². The lowest BCUT2D eigenvalue weighted by Crippen LogP contribution is -2.34. The molecule has 0 amide bonds. The first-order valence-electron chi connectivity index (χ1n) is 5.46. The number of benzene rings is 1. The second-order valence-electron chi connectivity index (χ2n) is 3.79. The van der Waals surface area contributed by atoms with Crippen molar-refractivity contribution in [3.8, 4) is 0 Å². The molecule has 0 bridgehead atoms. The molecule has 0 aliphatic carbocycles. The van der Waals surface area contributed by atoms with Crippen molar-refractivity contribution in [2.24, 2.45) is 0 Å². The third kappa shape index (κ3) is 4.08. The van der Waals surface area contributed by atoms with Crippen LogP contribution in [0, 0.1) is 0 Å². The molecule has 0 aromatic heterocycles. The van der Waals surface area contributed by atoms with E-state index < -0.39 is 16.5 Å². The molecule has 0 radical (unpaired) electrons. The summed E-state index contributed by atoms with van der Waals surface area (Å²) in [5.74, 6) is 0.0329. The fourth-order valence-corrected chi connectivity index (χ4v) is 2.50. The Morgan fingerprint density at radius 1 is 1.35 bits per heavy atom. The largest absolute Gasteiger partial charge is 0.334 e. The highest BCUT2D eigenvalue weighted by atomic mass is 32.2. The average Bonchev–Trinajstić information content (AvgIpc) is 2.49. The topological polar surface area (TPSA) is 64.6 Å². The molecule has 1 heterocycles. The summed E-state index contributed by atoms with van der Waals surface area (Å²) in [6, 6.07) is 9.53. The SMILES string of the molecule is O=S1(=O)CCCN[C@@H](OCc2ccccc2)O1. The fraction of sp³-hybridized carbons (Fsp3) is 0.455. The second kappa shape index (κ2) is 5.59. The number of hydrogen-bond donors (Lipinski definition) is 1. The minimum absolute atomic E-state index is 0.0329. The van der Waals surface area contributed by atoms with Crippen LogP contribution in [-0.2, 0) is 25.6 Å². The zero-order chi connectivity index (χ0) is 12.1. The summed E-state index contributed by atoms with van der Waals surface area (Å²) in [5.41, 5.74) is 0.972. The van der Waals surface area contributed by atoms with Crippen molar-refractivity contribution in [3.63, 3.8) is 0 Å². The molecular weight excluding hydrogens is 242 g/mol. The highest BCUT2D eigenvalue weighted by Gasteiger charge is 2.23. The van der Waals surface area contributed by atoms with Gasteiger partial charge in [0.05, 0.1) is 12.4 Å². The molecule has 5 nitrogen and oxygen atoms in total. The summed E-state index contributed by atoms with van der Waals surface area (Å²) in [5, 5.41) is 2.88. The lowest BCUT2D eigenvalue weighted by atomic mass is 10.2. The molecule has 94 valence electrons. The zero-order valence-electron chi connectivity index (χ0n) is 9.33. The molecule has 1 aliphatic heterocycles. The molecule has 1 fully saturated rings. The van der Waals surface area contributed by atoms with Crippen LogP contribution in [0.5, 0.6) is 0 Å². The van der Waals surface area contributed by atoms with Crippen molar-refractivity contribution >= 4 is 10.1 Å². The van der Waals surface area contributed by atoms with E-state index in [1.807, 2.05) is 30.3 Å². The van der Waals surface area contributed by atoms with Crippen LogP contribution in [0.1, 0.15) is 12.0 Å². The first-order chi connectivity index (χ1) is 8.16. The molecule has 6 heteroatoms. The van der Waals surface area contributed by atoms with Crippen LogP contribution in [0.3, 0.4) is 0 Å². The third-order valence-electron chi connectivity index (χ3n) is 2.36. The van der Waals surface area contributed by atoms with Gasteiger partial charge in [-0.2, -0.15) is 8.42 Å². The normalized spacial score (nSPS) is 24.1. The summed E-state index contributed by atoms with van der Waals surface area (Å²) in [4.78, 5) is 0. The van der Waals surface area contributed by atoms with E-state index in [1.165, 1.54) is 0 Å². The molecule has 1 aromatic carbocycles. The summed E-state index contributed by atoms with van der Waals surface area (Å²) < 4.78 is 32.9. The van der Waals surface area contributed by atoms with E-state index in [4.69, 9.17) is 8.92 Å². The maximum atomic E-state index is 11.4. The Hall–Kier alpha value is -0.950. The second-order valence-corrected chi connectivity index (χ2v) is 5.51. The van der Waals surface area contributed by atoms with Gasteiger partial charge in [-0.3, -0.25) is 5.32 Å². The van der Waals surface area contributed by atoms with Crippen molar-refractivity contribution in [1.29, 1.82) is 0 Å². The molecule has 17 heavy (non-hydrogen) atoms. The summed E-state index contributed by atoms with van der Waals surface area (Å²) in [7, 11) is -3.46. The Kier molecular flexibility index (Phi) is 4.11. The van der Waals surface area contributed by atoms with Crippen LogP contribution in [0.4, 0.5) is 0 Å². The molecule has 0 unspecified atom stereocenters. The van der Waals surface area contributed by atoms with Crippen LogP contribution in [0.15, 0.2) is 30.3 Å². The predicted octanol–water partition coefficient (Wildman–Crippen LogP) is 0.826. The smallest absolute Gasteiger partial charge is 0.270 e. The van der Waals surface area contributed by atoms with E-state index in [0.29, 0.717) is 19.6 Å². The lowest BCUT2D eigenvalue weighted by molar-refractivity contribution is -0.104. The number of ether oxygens (including phenoxy) is 1. The monoisotopic (exact) mass is 257 g/mol. The van der Waals surface area contributed by atoms with E-state index in [1.54, 1.807) is 0 Å². The maximum absolute atomic E-state index is 11.4. The Balaban J connectivity index is 1.90. The molecular formula is C11H15NO4S. The number of rotatable bonds is 3. The lowest BCUT2D eigenvalue weighted by Gasteiger charge is -2.15. The molecule has 0 spiro atoms. The van der Waals surface area contributed by atoms with E-state index >= 15 is 0 Å². The number of hydrogen-bond acceptors (Lipinski definition) is 5. The van der Waals surface area contributed by atoms with Gasteiger partial charge in [-0.15, -0.1) is 0 Å². The van der Waals surface area contributed by atoms with Crippen LogP contribution < -0.4 is 5.32 Å². The molecule has 1 saturated heterocycles. The van der Waals surface area contributed by atoms with Crippen LogP contribution in [0.2, 0.25) is 0 Å². The molecule has 1 N–H and O–H groups in total. The number of nitrogens with one attached hydrogen (secondary N) is 1. The van der Waals surface area contributed by atoms with E-state index in [-0.39, 0.29) is 5.75 Å². The van der Waals surface area contributed by atoms with Gasteiger partial charge in [0.15, 0.2) is 0 Å². The minimum Gasteiger partial charge on any atom is -0.334 e. The van der Waals surface area contributed by atoms with E-state index in [2.05, 4.69) is 5.32 Å². The average molecular weight is 257 g/mol. The van der Waals surface area contributed by atoms with Gasteiger partial charge in [-0.05, 0) is 12.0 Å². The van der Waals surface area contributed by atoms with Crippen molar-refractivity contribution < 1.29 is 17.3 Å². The molecule has 1 aliphatic rings. The minimum atomic E-state index is -3.46. The Morgan fingerprint density at radius 2 is 2.12 bits per heavy atom.